The minimum atomic E-state index is -1.19. The molecule has 6 heteroatoms. The summed E-state index contributed by atoms with van der Waals surface area (Å²) in [5.41, 5.74) is 1.00. The SMILES string of the molecule is COc1cccc(C2CCCN2C(=O)c2ccc(C(=O)O)o2)c1. The first-order valence-corrected chi connectivity index (χ1v) is 7.38. The summed E-state index contributed by atoms with van der Waals surface area (Å²) >= 11 is 0. The van der Waals surface area contributed by atoms with E-state index in [0.29, 0.717) is 6.54 Å². The van der Waals surface area contributed by atoms with E-state index in [4.69, 9.17) is 14.3 Å². The number of benzene rings is 1. The first-order chi connectivity index (χ1) is 11.1. The van der Waals surface area contributed by atoms with E-state index in [1.165, 1.54) is 12.1 Å². The molecule has 1 aromatic heterocycles. The van der Waals surface area contributed by atoms with Crippen molar-refractivity contribution in [1.82, 2.24) is 4.90 Å². The molecule has 1 saturated heterocycles. The lowest BCUT2D eigenvalue weighted by Crippen LogP contribution is -2.30. The van der Waals surface area contributed by atoms with Gasteiger partial charge in [-0.15, -0.1) is 0 Å². The standard InChI is InChI=1S/C17H17NO5/c1-22-12-5-2-4-11(10-12)13-6-3-9-18(13)16(19)14-7-8-15(23-14)17(20)21/h2,4-5,7-8,10,13H,3,6,9H2,1H3,(H,20,21). The molecule has 0 aliphatic carbocycles. The molecule has 23 heavy (non-hydrogen) atoms. The van der Waals surface area contributed by atoms with Crippen LogP contribution >= 0.6 is 0 Å². The van der Waals surface area contributed by atoms with Crippen molar-refractivity contribution in [3.05, 3.63) is 53.5 Å². The van der Waals surface area contributed by atoms with E-state index in [-0.39, 0.29) is 23.5 Å². The van der Waals surface area contributed by atoms with Gasteiger partial charge in [0.1, 0.15) is 5.75 Å². The second-order valence-electron chi connectivity index (χ2n) is 5.40. The summed E-state index contributed by atoms with van der Waals surface area (Å²) in [5.74, 6) is -0.909. The van der Waals surface area contributed by atoms with Crippen LogP contribution in [-0.2, 0) is 0 Å². The van der Waals surface area contributed by atoms with E-state index in [2.05, 4.69) is 0 Å². The zero-order valence-corrected chi connectivity index (χ0v) is 12.7. The van der Waals surface area contributed by atoms with Gasteiger partial charge in [0.25, 0.3) is 5.91 Å². The molecule has 0 saturated carbocycles. The fourth-order valence-corrected chi connectivity index (χ4v) is 2.91. The Labute approximate surface area is 133 Å². The number of methoxy groups -OCH3 is 1. The molecule has 120 valence electrons. The number of carbonyl (C=O) groups is 2. The Kier molecular flexibility index (Phi) is 4.06. The lowest BCUT2D eigenvalue weighted by molar-refractivity contribution is 0.0645. The highest BCUT2D eigenvalue weighted by Crippen LogP contribution is 2.34. The third kappa shape index (κ3) is 2.92. The number of nitrogens with zero attached hydrogens (tertiary/aromatic N) is 1. The summed E-state index contributed by atoms with van der Waals surface area (Å²) < 4.78 is 10.4. The smallest absolute Gasteiger partial charge is 0.371 e. The molecule has 0 spiro atoms. The maximum atomic E-state index is 12.6. The number of hydrogen-bond donors (Lipinski definition) is 1. The zero-order chi connectivity index (χ0) is 16.4. The average Bonchev–Trinajstić information content (AvgIpc) is 3.23. The minimum Gasteiger partial charge on any atom is -0.497 e. The van der Waals surface area contributed by atoms with Crippen LogP contribution in [0.4, 0.5) is 0 Å². The van der Waals surface area contributed by atoms with Crippen molar-refractivity contribution in [2.24, 2.45) is 0 Å². The van der Waals surface area contributed by atoms with Crippen molar-refractivity contribution < 1.29 is 23.8 Å². The summed E-state index contributed by atoms with van der Waals surface area (Å²) in [6.45, 7) is 0.615. The largest absolute Gasteiger partial charge is 0.497 e. The van der Waals surface area contributed by atoms with Crippen LogP contribution < -0.4 is 4.74 Å². The summed E-state index contributed by atoms with van der Waals surface area (Å²) in [6.07, 6.45) is 1.74. The van der Waals surface area contributed by atoms with E-state index in [1.807, 2.05) is 24.3 Å². The molecule has 1 fully saturated rings. The van der Waals surface area contributed by atoms with Gasteiger partial charge in [-0.3, -0.25) is 4.79 Å². The number of ether oxygens (including phenoxy) is 1. The Morgan fingerprint density at radius 3 is 2.74 bits per heavy atom. The summed E-state index contributed by atoms with van der Waals surface area (Å²) in [4.78, 5) is 25.2. The number of carboxylic acid groups (broad SMARTS) is 1. The molecule has 1 amide bonds. The zero-order valence-electron chi connectivity index (χ0n) is 12.7. The van der Waals surface area contributed by atoms with Gasteiger partial charge in [0, 0.05) is 6.54 Å². The van der Waals surface area contributed by atoms with Crippen LogP contribution in [0.15, 0.2) is 40.8 Å². The average molecular weight is 315 g/mol. The first kappa shape index (κ1) is 15.1. The van der Waals surface area contributed by atoms with Crippen LogP contribution in [0.1, 0.15) is 45.6 Å². The quantitative estimate of drug-likeness (QED) is 0.938. The molecular formula is C17H17NO5. The van der Waals surface area contributed by atoms with Gasteiger partial charge in [-0.2, -0.15) is 0 Å². The molecule has 2 aromatic rings. The van der Waals surface area contributed by atoms with E-state index in [9.17, 15) is 9.59 Å². The molecule has 3 rings (SSSR count). The van der Waals surface area contributed by atoms with Crippen LogP contribution in [0.3, 0.4) is 0 Å². The van der Waals surface area contributed by atoms with Crippen molar-refractivity contribution in [3.8, 4) is 5.75 Å². The fourth-order valence-electron chi connectivity index (χ4n) is 2.91. The Balaban J connectivity index is 1.85. The highest BCUT2D eigenvalue weighted by atomic mass is 16.5. The van der Waals surface area contributed by atoms with Gasteiger partial charge in [-0.25, -0.2) is 4.79 Å². The number of aromatic carboxylic acids is 1. The first-order valence-electron chi connectivity index (χ1n) is 7.38. The molecular weight excluding hydrogens is 298 g/mol. The van der Waals surface area contributed by atoms with Gasteiger partial charge in [0.15, 0.2) is 5.76 Å². The molecule has 2 heterocycles. The number of carbonyl (C=O) groups excluding carboxylic acids is 1. The van der Waals surface area contributed by atoms with E-state index < -0.39 is 5.97 Å². The van der Waals surface area contributed by atoms with Crippen molar-refractivity contribution in [2.75, 3.05) is 13.7 Å². The Morgan fingerprint density at radius 1 is 1.26 bits per heavy atom. The minimum absolute atomic E-state index is 0.0530. The highest BCUT2D eigenvalue weighted by Gasteiger charge is 2.32. The number of rotatable bonds is 4. The number of furan rings is 1. The molecule has 1 atom stereocenters. The third-order valence-corrected chi connectivity index (χ3v) is 4.02. The normalized spacial score (nSPS) is 17.3. The maximum absolute atomic E-state index is 12.6. The van der Waals surface area contributed by atoms with E-state index >= 15 is 0 Å². The molecule has 1 unspecified atom stereocenters. The monoisotopic (exact) mass is 315 g/mol. The highest BCUT2D eigenvalue weighted by molar-refractivity contribution is 5.94. The number of hydrogen-bond acceptors (Lipinski definition) is 4. The Morgan fingerprint density at radius 2 is 2.04 bits per heavy atom. The molecule has 0 radical (unpaired) electrons. The number of amides is 1. The van der Waals surface area contributed by atoms with Crippen LogP contribution in [0.5, 0.6) is 5.75 Å². The lowest BCUT2D eigenvalue weighted by Gasteiger charge is -2.24. The second-order valence-corrected chi connectivity index (χ2v) is 5.40. The van der Waals surface area contributed by atoms with Crippen molar-refractivity contribution in [3.63, 3.8) is 0 Å². The van der Waals surface area contributed by atoms with Crippen molar-refractivity contribution in [1.29, 1.82) is 0 Å². The van der Waals surface area contributed by atoms with Gasteiger partial charge < -0.3 is 19.2 Å². The molecule has 1 aromatic carbocycles. The van der Waals surface area contributed by atoms with Crippen LogP contribution in [0, 0.1) is 0 Å². The molecule has 1 N–H and O–H groups in total. The molecule has 0 bridgehead atoms. The Bertz CT molecular complexity index is 736. The Hall–Kier alpha value is -2.76. The van der Waals surface area contributed by atoms with Gasteiger partial charge in [0.05, 0.1) is 13.2 Å². The van der Waals surface area contributed by atoms with Gasteiger partial charge in [-0.05, 0) is 42.7 Å². The van der Waals surface area contributed by atoms with Crippen LogP contribution in [0.2, 0.25) is 0 Å². The van der Waals surface area contributed by atoms with Gasteiger partial charge >= 0.3 is 5.97 Å². The summed E-state index contributed by atoms with van der Waals surface area (Å²) in [7, 11) is 1.60. The lowest BCUT2D eigenvalue weighted by atomic mass is 10.0. The van der Waals surface area contributed by atoms with E-state index in [1.54, 1.807) is 12.0 Å². The van der Waals surface area contributed by atoms with Gasteiger partial charge in [-0.1, -0.05) is 12.1 Å². The maximum Gasteiger partial charge on any atom is 0.371 e. The van der Waals surface area contributed by atoms with Gasteiger partial charge in [0.2, 0.25) is 5.76 Å². The van der Waals surface area contributed by atoms with Crippen LogP contribution in [-0.4, -0.2) is 35.5 Å². The number of carboxylic acids is 1. The van der Waals surface area contributed by atoms with Crippen molar-refractivity contribution in [2.45, 2.75) is 18.9 Å². The molecule has 1 aliphatic heterocycles. The van der Waals surface area contributed by atoms with Crippen LogP contribution in [0.25, 0.3) is 0 Å². The predicted molar refractivity (Wildman–Crippen MR) is 81.7 cm³/mol. The van der Waals surface area contributed by atoms with Crippen molar-refractivity contribution >= 4 is 11.9 Å². The predicted octanol–water partition coefficient (Wildman–Crippen LogP) is 2.96. The topological polar surface area (TPSA) is 80.0 Å². The second kappa shape index (κ2) is 6.16. The molecule has 6 nitrogen and oxygen atoms in total. The third-order valence-electron chi connectivity index (χ3n) is 4.02. The number of likely N-dealkylation sites (tertiary alicyclic amines) is 1. The summed E-state index contributed by atoms with van der Waals surface area (Å²) in [6, 6.07) is 10.3. The fraction of sp³-hybridized carbons (Fsp3) is 0.294. The van der Waals surface area contributed by atoms with E-state index in [0.717, 1.165) is 24.2 Å². The summed E-state index contributed by atoms with van der Waals surface area (Å²) in [5, 5.41) is 8.90. The molecule has 1 aliphatic rings.